The molecule has 1 heterocycles. The van der Waals surface area contributed by atoms with Gasteiger partial charge in [-0.3, -0.25) is 9.48 Å². The molecule has 1 N–H and O–H groups in total. The van der Waals surface area contributed by atoms with Crippen LogP contribution in [0.4, 0.5) is 0 Å². The topological polar surface area (TPSA) is 55.1 Å². The molecular formula is C10H16N2O2S. The molecule has 1 aromatic heterocycles. The molecule has 0 saturated carbocycles. The van der Waals surface area contributed by atoms with Gasteiger partial charge in [-0.1, -0.05) is 6.92 Å². The molecule has 4 nitrogen and oxygen atoms in total. The molecule has 1 unspecified atom stereocenters. The molecule has 0 radical (unpaired) electrons. The number of aromatic nitrogens is 2. The SMILES string of the molecule is CCC(SCCc1ccnn1C)C(=O)O. The number of aliphatic carboxylic acids is 1. The van der Waals surface area contributed by atoms with E-state index in [-0.39, 0.29) is 5.25 Å². The summed E-state index contributed by atoms with van der Waals surface area (Å²) in [5.74, 6) is 0.108. The Balaban J connectivity index is 2.33. The fourth-order valence-electron chi connectivity index (χ4n) is 1.32. The van der Waals surface area contributed by atoms with E-state index in [1.54, 1.807) is 6.20 Å². The fraction of sp³-hybridized carbons (Fsp3) is 0.600. The molecule has 0 fully saturated rings. The van der Waals surface area contributed by atoms with Crippen molar-refractivity contribution in [1.29, 1.82) is 0 Å². The van der Waals surface area contributed by atoms with E-state index in [0.717, 1.165) is 17.9 Å². The van der Waals surface area contributed by atoms with Gasteiger partial charge in [-0.25, -0.2) is 0 Å². The maximum absolute atomic E-state index is 10.8. The molecule has 0 spiro atoms. The third-order valence-corrected chi connectivity index (χ3v) is 3.62. The van der Waals surface area contributed by atoms with E-state index in [2.05, 4.69) is 5.10 Å². The Labute approximate surface area is 93.7 Å². The first-order valence-electron chi connectivity index (χ1n) is 4.96. The van der Waals surface area contributed by atoms with E-state index in [9.17, 15) is 4.79 Å². The van der Waals surface area contributed by atoms with Crippen LogP contribution in [0.5, 0.6) is 0 Å². The van der Waals surface area contributed by atoms with Crippen molar-refractivity contribution in [2.45, 2.75) is 25.0 Å². The van der Waals surface area contributed by atoms with Crippen molar-refractivity contribution in [3.05, 3.63) is 18.0 Å². The standard InChI is InChI=1S/C10H16N2O2S/c1-3-9(10(13)14)15-7-5-8-4-6-11-12(8)2/h4,6,9H,3,5,7H2,1-2H3,(H,13,14). The highest BCUT2D eigenvalue weighted by Crippen LogP contribution is 2.16. The largest absolute Gasteiger partial charge is 0.480 e. The zero-order chi connectivity index (χ0) is 11.3. The van der Waals surface area contributed by atoms with Crippen molar-refractivity contribution in [3.63, 3.8) is 0 Å². The fourth-order valence-corrected chi connectivity index (χ4v) is 2.31. The van der Waals surface area contributed by atoms with Crippen LogP contribution in [0.25, 0.3) is 0 Å². The van der Waals surface area contributed by atoms with Crippen molar-refractivity contribution in [3.8, 4) is 0 Å². The van der Waals surface area contributed by atoms with Gasteiger partial charge in [0, 0.05) is 18.9 Å². The predicted octanol–water partition coefficient (Wildman–Crippen LogP) is 1.56. The van der Waals surface area contributed by atoms with E-state index in [4.69, 9.17) is 5.11 Å². The summed E-state index contributed by atoms with van der Waals surface area (Å²) in [5.41, 5.74) is 1.14. The number of aryl methyl sites for hydroxylation is 2. The Morgan fingerprint density at radius 3 is 2.93 bits per heavy atom. The molecule has 0 amide bonds. The molecule has 1 atom stereocenters. The van der Waals surface area contributed by atoms with Crippen LogP contribution in [0, 0.1) is 0 Å². The van der Waals surface area contributed by atoms with Gasteiger partial charge in [-0.05, 0) is 24.7 Å². The van der Waals surface area contributed by atoms with Gasteiger partial charge in [-0.2, -0.15) is 5.10 Å². The highest BCUT2D eigenvalue weighted by Gasteiger charge is 2.14. The molecule has 0 aliphatic heterocycles. The lowest BCUT2D eigenvalue weighted by atomic mass is 10.3. The summed E-state index contributed by atoms with van der Waals surface area (Å²) in [7, 11) is 1.90. The zero-order valence-corrected chi connectivity index (χ0v) is 9.83. The number of thioether (sulfide) groups is 1. The van der Waals surface area contributed by atoms with Gasteiger partial charge in [0.05, 0.1) is 0 Å². The van der Waals surface area contributed by atoms with Crippen molar-refractivity contribution in [2.75, 3.05) is 5.75 Å². The number of carboxylic acids is 1. The maximum atomic E-state index is 10.8. The Kier molecular flexibility index (Phi) is 4.68. The third-order valence-electron chi connectivity index (χ3n) is 2.25. The van der Waals surface area contributed by atoms with Crippen LogP contribution in [0.15, 0.2) is 12.3 Å². The second-order valence-corrected chi connectivity index (χ2v) is 4.61. The van der Waals surface area contributed by atoms with Gasteiger partial charge < -0.3 is 5.11 Å². The monoisotopic (exact) mass is 228 g/mol. The van der Waals surface area contributed by atoms with E-state index >= 15 is 0 Å². The number of carbonyl (C=O) groups is 1. The normalized spacial score (nSPS) is 12.7. The molecule has 0 aliphatic rings. The van der Waals surface area contributed by atoms with Crippen LogP contribution in [0.2, 0.25) is 0 Å². The molecule has 5 heteroatoms. The van der Waals surface area contributed by atoms with E-state index in [1.165, 1.54) is 11.8 Å². The minimum Gasteiger partial charge on any atom is -0.480 e. The van der Waals surface area contributed by atoms with Gasteiger partial charge >= 0.3 is 5.97 Å². The van der Waals surface area contributed by atoms with Crippen LogP contribution >= 0.6 is 11.8 Å². The molecule has 0 bridgehead atoms. The van der Waals surface area contributed by atoms with E-state index < -0.39 is 5.97 Å². The lowest BCUT2D eigenvalue weighted by Gasteiger charge is -2.08. The first-order valence-corrected chi connectivity index (χ1v) is 6.01. The lowest BCUT2D eigenvalue weighted by molar-refractivity contribution is -0.136. The van der Waals surface area contributed by atoms with Crippen molar-refractivity contribution < 1.29 is 9.90 Å². The molecular weight excluding hydrogens is 212 g/mol. The second kappa shape index (κ2) is 5.80. The molecule has 1 aromatic rings. The third kappa shape index (κ3) is 3.58. The summed E-state index contributed by atoms with van der Waals surface area (Å²) in [6.07, 6.45) is 3.30. The van der Waals surface area contributed by atoms with E-state index in [1.807, 2.05) is 24.7 Å². The number of hydrogen-bond acceptors (Lipinski definition) is 3. The minimum absolute atomic E-state index is 0.279. The zero-order valence-electron chi connectivity index (χ0n) is 9.01. The number of carboxylic acid groups (broad SMARTS) is 1. The van der Waals surface area contributed by atoms with E-state index in [0.29, 0.717) is 6.42 Å². The maximum Gasteiger partial charge on any atom is 0.316 e. The van der Waals surface area contributed by atoms with Crippen molar-refractivity contribution in [2.24, 2.45) is 7.05 Å². The summed E-state index contributed by atoms with van der Waals surface area (Å²) in [6, 6.07) is 1.96. The summed E-state index contributed by atoms with van der Waals surface area (Å²) in [4.78, 5) is 10.8. The van der Waals surface area contributed by atoms with Gasteiger partial charge in [0.2, 0.25) is 0 Å². The number of nitrogens with zero attached hydrogens (tertiary/aromatic N) is 2. The summed E-state index contributed by atoms with van der Waals surface area (Å²) in [6.45, 7) is 1.90. The quantitative estimate of drug-likeness (QED) is 0.802. The summed E-state index contributed by atoms with van der Waals surface area (Å²) in [5, 5.41) is 12.6. The number of hydrogen-bond donors (Lipinski definition) is 1. The van der Waals surface area contributed by atoms with Crippen molar-refractivity contribution >= 4 is 17.7 Å². The van der Waals surface area contributed by atoms with Crippen LogP contribution < -0.4 is 0 Å². The Morgan fingerprint density at radius 2 is 2.47 bits per heavy atom. The molecule has 0 aliphatic carbocycles. The Hall–Kier alpha value is -0.970. The highest BCUT2D eigenvalue weighted by atomic mass is 32.2. The predicted molar refractivity (Wildman–Crippen MR) is 61.1 cm³/mol. The van der Waals surface area contributed by atoms with Gasteiger partial charge in [0.15, 0.2) is 0 Å². The van der Waals surface area contributed by atoms with Gasteiger partial charge in [-0.15, -0.1) is 11.8 Å². The van der Waals surface area contributed by atoms with Crippen LogP contribution in [-0.4, -0.2) is 31.9 Å². The number of rotatable bonds is 6. The molecule has 84 valence electrons. The second-order valence-electron chi connectivity index (χ2n) is 3.30. The van der Waals surface area contributed by atoms with Crippen LogP contribution in [0.1, 0.15) is 19.0 Å². The van der Waals surface area contributed by atoms with Gasteiger partial charge in [0.25, 0.3) is 0 Å². The lowest BCUT2D eigenvalue weighted by Crippen LogP contribution is -2.16. The Morgan fingerprint density at radius 1 is 1.73 bits per heavy atom. The molecule has 0 saturated heterocycles. The van der Waals surface area contributed by atoms with Crippen molar-refractivity contribution in [1.82, 2.24) is 9.78 Å². The minimum atomic E-state index is -0.715. The Bertz CT molecular complexity index is 325. The smallest absolute Gasteiger partial charge is 0.316 e. The average molecular weight is 228 g/mol. The summed E-state index contributed by atoms with van der Waals surface area (Å²) < 4.78 is 1.82. The molecule has 1 rings (SSSR count). The van der Waals surface area contributed by atoms with Crippen LogP contribution in [-0.2, 0) is 18.3 Å². The summed E-state index contributed by atoms with van der Waals surface area (Å²) >= 11 is 1.50. The highest BCUT2D eigenvalue weighted by molar-refractivity contribution is 8.00. The molecule has 15 heavy (non-hydrogen) atoms. The van der Waals surface area contributed by atoms with Crippen LogP contribution in [0.3, 0.4) is 0 Å². The molecule has 0 aromatic carbocycles. The first-order chi connectivity index (χ1) is 7.15. The van der Waals surface area contributed by atoms with Gasteiger partial charge in [0.1, 0.15) is 5.25 Å². The average Bonchev–Trinajstić information content (AvgIpc) is 2.58. The first kappa shape index (κ1) is 12.1.